The van der Waals surface area contributed by atoms with Gasteiger partial charge in [-0.1, -0.05) is 29.8 Å². The standard InChI is InChI=1S/C25H33N3O4S/c1-18-16-19(2)24(20(3)17-18)33(30,31)28-10-8-21(9-11-28)25(29)26-22-6-4-5-7-23(22)27-12-14-32-15-13-27/h4-7,16-17,21H,8-15H2,1-3H3,(H,26,29). The van der Waals surface area contributed by atoms with Crippen LogP contribution in [0.2, 0.25) is 0 Å². The molecule has 2 fully saturated rings. The number of sulfonamides is 1. The second-order valence-electron chi connectivity index (χ2n) is 9.01. The zero-order chi connectivity index (χ0) is 23.6. The normalized spacial score (nSPS) is 18.3. The van der Waals surface area contributed by atoms with Crippen LogP contribution in [0.3, 0.4) is 0 Å². The molecule has 1 N–H and O–H groups in total. The van der Waals surface area contributed by atoms with E-state index in [0.29, 0.717) is 44.0 Å². The molecule has 2 aromatic carbocycles. The second-order valence-corrected chi connectivity index (χ2v) is 10.9. The van der Waals surface area contributed by atoms with Crippen molar-refractivity contribution in [1.82, 2.24) is 4.31 Å². The number of carbonyl (C=O) groups excluding carboxylic acids is 1. The number of hydrogen-bond donors (Lipinski definition) is 1. The summed E-state index contributed by atoms with van der Waals surface area (Å²) < 4.78 is 33.6. The molecule has 0 bridgehead atoms. The van der Waals surface area contributed by atoms with Crippen LogP contribution in [-0.2, 0) is 19.6 Å². The molecule has 0 aliphatic carbocycles. The van der Waals surface area contributed by atoms with E-state index in [1.165, 1.54) is 4.31 Å². The Morgan fingerprint density at radius 2 is 1.58 bits per heavy atom. The fourth-order valence-electron chi connectivity index (χ4n) is 4.96. The lowest BCUT2D eigenvalue weighted by Crippen LogP contribution is -2.42. The Hall–Kier alpha value is -2.42. The van der Waals surface area contributed by atoms with Crippen LogP contribution in [0.15, 0.2) is 41.3 Å². The first kappa shape index (κ1) is 23.7. The van der Waals surface area contributed by atoms with Crippen molar-refractivity contribution in [2.45, 2.75) is 38.5 Å². The first-order chi connectivity index (χ1) is 15.8. The van der Waals surface area contributed by atoms with Gasteiger partial charge in [0.2, 0.25) is 15.9 Å². The molecule has 0 spiro atoms. The van der Waals surface area contributed by atoms with Crippen LogP contribution in [0.5, 0.6) is 0 Å². The van der Waals surface area contributed by atoms with Gasteiger partial charge in [-0.15, -0.1) is 0 Å². The fourth-order valence-corrected chi connectivity index (χ4v) is 6.84. The van der Waals surface area contributed by atoms with Gasteiger partial charge in [0.05, 0.1) is 29.5 Å². The number of benzene rings is 2. The summed E-state index contributed by atoms with van der Waals surface area (Å²) in [5.74, 6) is -0.259. The van der Waals surface area contributed by atoms with Crippen LogP contribution in [-0.4, -0.2) is 58.0 Å². The summed E-state index contributed by atoms with van der Waals surface area (Å²) in [6, 6.07) is 11.6. The minimum atomic E-state index is -3.59. The maximum absolute atomic E-state index is 13.3. The molecule has 2 aromatic rings. The highest BCUT2D eigenvalue weighted by Crippen LogP contribution is 2.31. The molecule has 7 nitrogen and oxygen atoms in total. The Labute approximate surface area is 196 Å². The van der Waals surface area contributed by atoms with Gasteiger partial charge >= 0.3 is 0 Å². The highest BCUT2D eigenvalue weighted by Gasteiger charge is 2.34. The van der Waals surface area contributed by atoms with Crippen molar-refractivity contribution >= 4 is 27.3 Å². The molecule has 2 aliphatic heterocycles. The maximum atomic E-state index is 13.3. The van der Waals surface area contributed by atoms with Crippen molar-refractivity contribution in [3.8, 4) is 0 Å². The summed E-state index contributed by atoms with van der Waals surface area (Å²) in [6.07, 6.45) is 1.02. The number of aryl methyl sites for hydroxylation is 3. The summed E-state index contributed by atoms with van der Waals surface area (Å²) >= 11 is 0. The summed E-state index contributed by atoms with van der Waals surface area (Å²) in [5.41, 5.74) is 4.39. The fraction of sp³-hybridized carbons (Fsp3) is 0.480. The average Bonchev–Trinajstić information content (AvgIpc) is 2.79. The lowest BCUT2D eigenvalue weighted by Gasteiger charge is -2.33. The van der Waals surface area contributed by atoms with E-state index < -0.39 is 10.0 Å². The third-order valence-corrected chi connectivity index (χ3v) is 8.75. The van der Waals surface area contributed by atoms with Gasteiger partial charge in [0.25, 0.3) is 0 Å². The Morgan fingerprint density at radius 3 is 2.21 bits per heavy atom. The molecule has 178 valence electrons. The molecule has 0 unspecified atom stereocenters. The number of rotatable bonds is 5. The molecule has 2 heterocycles. The van der Waals surface area contributed by atoms with Crippen molar-refractivity contribution in [2.24, 2.45) is 5.92 Å². The monoisotopic (exact) mass is 471 g/mol. The smallest absolute Gasteiger partial charge is 0.243 e. The van der Waals surface area contributed by atoms with E-state index in [2.05, 4.69) is 10.2 Å². The molecule has 0 aromatic heterocycles. The van der Waals surface area contributed by atoms with Crippen LogP contribution in [0, 0.1) is 26.7 Å². The second kappa shape index (κ2) is 9.83. The van der Waals surface area contributed by atoms with Gasteiger partial charge in [0, 0.05) is 32.1 Å². The first-order valence-corrected chi connectivity index (χ1v) is 13.0. The van der Waals surface area contributed by atoms with Crippen LogP contribution >= 0.6 is 0 Å². The number of ether oxygens (including phenoxy) is 1. The molecular weight excluding hydrogens is 438 g/mol. The van der Waals surface area contributed by atoms with Crippen LogP contribution in [0.4, 0.5) is 11.4 Å². The van der Waals surface area contributed by atoms with E-state index in [0.717, 1.165) is 41.2 Å². The van der Waals surface area contributed by atoms with Gasteiger partial charge in [-0.3, -0.25) is 4.79 Å². The number of nitrogens with zero attached hydrogens (tertiary/aromatic N) is 2. The number of piperidine rings is 1. The summed E-state index contributed by atoms with van der Waals surface area (Å²) in [6.45, 7) is 9.29. The van der Waals surface area contributed by atoms with Gasteiger partial charge in [-0.2, -0.15) is 4.31 Å². The van der Waals surface area contributed by atoms with Crippen LogP contribution in [0.25, 0.3) is 0 Å². The Bertz CT molecular complexity index is 1100. The first-order valence-electron chi connectivity index (χ1n) is 11.6. The van der Waals surface area contributed by atoms with Crippen molar-refractivity contribution in [2.75, 3.05) is 49.6 Å². The van der Waals surface area contributed by atoms with E-state index >= 15 is 0 Å². The predicted molar refractivity (Wildman–Crippen MR) is 130 cm³/mol. The highest BCUT2D eigenvalue weighted by molar-refractivity contribution is 7.89. The van der Waals surface area contributed by atoms with Gasteiger partial charge in [-0.25, -0.2) is 8.42 Å². The molecule has 33 heavy (non-hydrogen) atoms. The lowest BCUT2D eigenvalue weighted by molar-refractivity contribution is -0.120. The molecular formula is C25H33N3O4S. The SMILES string of the molecule is Cc1cc(C)c(S(=O)(=O)N2CCC(C(=O)Nc3ccccc3N3CCOCC3)CC2)c(C)c1. The number of amides is 1. The van der Waals surface area contributed by atoms with E-state index in [1.807, 2.05) is 57.2 Å². The largest absolute Gasteiger partial charge is 0.378 e. The quantitative estimate of drug-likeness (QED) is 0.722. The lowest BCUT2D eigenvalue weighted by atomic mass is 9.97. The highest BCUT2D eigenvalue weighted by atomic mass is 32.2. The predicted octanol–water partition coefficient (Wildman–Crippen LogP) is 3.49. The van der Waals surface area contributed by atoms with E-state index in [1.54, 1.807) is 0 Å². The third-order valence-electron chi connectivity index (χ3n) is 6.54. The summed E-state index contributed by atoms with van der Waals surface area (Å²) in [5, 5.41) is 3.10. The van der Waals surface area contributed by atoms with Crippen molar-refractivity contribution < 1.29 is 17.9 Å². The Balaban J connectivity index is 1.42. The Kier molecular flexibility index (Phi) is 7.07. The summed E-state index contributed by atoms with van der Waals surface area (Å²) in [7, 11) is -3.59. The third kappa shape index (κ3) is 5.08. The van der Waals surface area contributed by atoms with Crippen molar-refractivity contribution in [3.05, 3.63) is 53.1 Å². The van der Waals surface area contributed by atoms with Gasteiger partial charge < -0.3 is 15.0 Å². The number of hydrogen-bond acceptors (Lipinski definition) is 5. The molecule has 4 rings (SSSR count). The van der Waals surface area contributed by atoms with Gasteiger partial charge in [-0.05, 0) is 56.9 Å². The maximum Gasteiger partial charge on any atom is 0.243 e. The number of para-hydroxylation sites is 2. The van der Waals surface area contributed by atoms with Crippen LogP contribution in [0.1, 0.15) is 29.5 Å². The van der Waals surface area contributed by atoms with E-state index in [-0.39, 0.29) is 11.8 Å². The molecule has 0 atom stereocenters. The zero-order valence-electron chi connectivity index (χ0n) is 19.6. The van der Waals surface area contributed by atoms with E-state index in [4.69, 9.17) is 4.74 Å². The zero-order valence-corrected chi connectivity index (χ0v) is 20.5. The number of morpholine rings is 1. The molecule has 2 aliphatic rings. The van der Waals surface area contributed by atoms with Crippen molar-refractivity contribution in [1.29, 1.82) is 0 Å². The number of nitrogens with one attached hydrogen (secondary N) is 1. The molecule has 1 amide bonds. The number of carbonyl (C=O) groups is 1. The van der Waals surface area contributed by atoms with Crippen LogP contribution < -0.4 is 10.2 Å². The molecule has 0 radical (unpaired) electrons. The average molecular weight is 472 g/mol. The number of anilines is 2. The van der Waals surface area contributed by atoms with E-state index in [9.17, 15) is 13.2 Å². The minimum Gasteiger partial charge on any atom is -0.378 e. The molecule has 2 saturated heterocycles. The molecule has 0 saturated carbocycles. The van der Waals surface area contributed by atoms with Crippen molar-refractivity contribution in [3.63, 3.8) is 0 Å². The Morgan fingerprint density at radius 1 is 0.970 bits per heavy atom. The topological polar surface area (TPSA) is 79.0 Å². The molecule has 8 heteroatoms. The minimum absolute atomic E-state index is 0.0459. The summed E-state index contributed by atoms with van der Waals surface area (Å²) in [4.78, 5) is 15.7. The van der Waals surface area contributed by atoms with Gasteiger partial charge in [0.15, 0.2) is 0 Å². The van der Waals surface area contributed by atoms with Gasteiger partial charge in [0.1, 0.15) is 0 Å².